The van der Waals surface area contributed by atoms with E-state index in [2.05, 4.69) is 0 Å². The van der Waals surface area contributed by atoms with Crippen molar-refractivity contribution in [2.75, 3.05) is 44.5 Å². The van der Waals surface area contributed by atoms with E-state index in [4.69, 9.17) is 20.9 Å². The monoisotopic (exact) mass is 301 g/mol. The second kappa shape index (κ2) is 7.11. The van der Waals surface area contributed by atoms with E-state index in [1.165, 1.54) is 0 Å². The fourth-order valence-electron chi connectivity index (χ4n) is 1.61. The number of anilines is 2. The van der Waals surface area contributed by atoms with Gasteiger partial charge in [0.1, 0.15) is 15.4 Å². The summed E-state index contributed by atoms with van der Waals surface area (Å²) in [6, 6.07) is 0. The summed E-state index contributed by atoms with van der Waals surface area (Å²) in [6.45, 7) is 2.94. The van der Waals surface area contributed by atoms with Crippen LogP contribution in [0.2, 0.25) is 0 Å². The van der Waals surface area contributed by atoms with Gasteiger partial charge in [-0.3, -0.25) is 4.79 Å². The smallest absolute Gasteiger partial charge is 0.343 e. The molecule has 0 radical (unpaired) electrons. The number of amides is 1. The normalized spacial score (nSPS) is 10.3. The second-order valence-electron chi connectivity index (χ2n) is 4.02. The van der Waals surface area contributed by atoms with Crippen LogP contribution in [-0.2, 0) is 9.47 Å². The van der Waals surface area contributed by atoms with E-state index in [-0.39, 0.29) is 22.7 Å². The van der Waals surface area contributed by atoms with E-state index in [9.17, 15) is 9.59 Å². The Morgan fingerprint density at radius 1 is 1.40 bits per heavy atom. The summed E-state index contributed by atoms with van der Waals surface area (Å²) in [6.07, 6.45) is 0. The quantitative estimate of drug-likeness (QED) is 0.717. The first-order chi connectivity index (χ1) is 9.43. The average Bonchev–Trinajstić information content (AvgIpc) is 2.74. The zero-order chi connectivity index (χ0) is 15.3. The summed E-state index contributed by atoms with van der Waals surface area (Å²) in [5.41, 5.74) is 11.4. The fraction of sp³-hybridized carbons (Fsp3) is 0.500. The van der Waals surface area contributed by atoms with Crippen molar-refractivity contribution in [3.63, 3.8) is 0 Å². The van der Waals surface area contributed by atoms with E-state index < -0.39 is 11.9 Å². The summed E-state index contributed by atoms with van der Waals surface area (Å²) in [7, 11) is 3.36. The largest absolute Gasteiger partial charge is 0.462 e. The molecule has 0 fully saturated rings. The van der Waals surface area contributed by atoms with Gasteiger partial charge < -0.3 is 25.8 Å². The van der Waals surface area contributed by atoms with Gasteiger partial charge in [0, 0.05) is 20.7 Å². The molecule has 0 spiro atoms. The predicted octanol–water partition coefficient (Wildman–Crippen LogP) is 0.689. The number of carbonyl (C=O) groups excluding carboxylic acids is 2. The molecule has 1 rings (SSSR count). The average molecular weight is 301 g/mol. The number of likely N-dealkylation sites (N-methyl/N-ethyl adjacent to an activating group) is 1. The first-order valence-electron chi connectivity index (χ1n) is 6.03. The van der Waals surface area contributed by atoms with Crippen molar-refractivity contribution in [3.8, 4) is 0 Å². The van der Waals surface area contributed by atoms with Crippen LogP contribution >= 0.6 is 11.3 Å². The van der Waals surface area contributed by atoms with Crippen molar-refractivity contribution in [2.24, 2.45) is 5.73 Å². The van der Waals surface area contributed by atoms with Gasteiger partial charge in [-0.2, -0.15) is 0 Å². The van der Waals surface area contributed by atoms with Crippen LogP contribution in [0.15, 0.2) is 0 Å². The first kappa shape index (κ1) is 16.3. The summed E-state index contributed by atoms with van der Waals surface area (Å²) in [4.78, 5) is 25.3. The maximum Gasteiger partial charge on any atom is 0.343 e. The number of hydrogen-bond donors (Lipinski definition) is 2. The molecule has 0 bridgehead atoms. The van der Waals surface area contributed by atoms with Crippen LogP contribution in [0.25, 0.3) is 0 Å². The fourth-order valence-corrected chi connectivity index (χ4v) is 2.66. The Kier molecular flexibility index (Phi) is 5.78. The highest BCUT2D eigenvalue weighted by atomic mass is 32.1. The summed E-state index contributed by atoms with van der Waals surface area (Å²) >= 11 is 1.08. The first-order valence-corrected chi connectivity index (χ1v) is 6.84. The van der Waals surface area contributed by atoms with Crippen molar-refractivity contribution < 1.29 is 19.1 Å². The lowest BCUT2D eigenvalue weighted by Gasteiger charge is -2.18. The van der Waals surface area contributed by atoms with Gasteiger partial charge in [-0.1, -0.05) is 0 Å². The number of thiophene rings is 1. The molecule has 0 aliphatic rings. The Morgan fingerprint density at radius 3 is 2.55 bits per heavy atom. The third-order valence-corrected chi connectivity index (χ3v) is 3.94. The number of nitrogen functional groups attached to an aromatic ring is 1. The molecule has 1 aromatic heterocycles. The zero-order valence-electron chi connectivity index (χ0n) is 11.8. The van der Waals surface area contributed by atoms with Gasteiger partial charge >= 0.3 is 5.97 Å². The third-order valence-electron chi connectivity index (χ3n) is 2.61. The highest BCUT2D eigenvalue weighted by molar-refractivity contribution is 7.19. The van der Waals surface area contributed by atoms with E-state index >= 15 is 0 Å². The minimum Gasteiger partial charge on any atom is -0.462 e. The number of nitrogens with zero attached hydrogens (tertiary/aromatic N) is 1. The minimum atomic E-state index is -0.663. The van der Waals surface area contributed by atoms with Gasteiger partial charge in [-0.05, 0) is 6.92 Å². The van der Waals surface area contributed by atoms with E-state index in [1.54, 1.807) is 26.0 Å². The number of esters is 1. The molecule has 0 aliphatic heterocycles. The predicted molar refractivity (Wildman–Crippen MR) is 78.4 cm³/mol. The molecule has 7 nitrogen and oxygen atoms in total. The topological polar surface area (TPSA) is 108 Å². The zero-order valence-corrected chi connectivity index (χ0v) is 12.6. The van der Waals surface area contributed by atoms with Gasteiger partial charge in [0.05, 0.1) is 18.9 Å². The molecule has 0 atom stereocenters. The number of ether oxygens (including phenoxy) is 2. The number of rotatable bonds is 7. The van der Waals surface area contributed by atoms with Crippen LogP contribution in [0, 0.1) is 0 Å². The highest BCUT2D eigenvalue weighted by Crippen LogP contribution is 2.38. The SMILES string of the molecule is CCOC(=O)c1c(N(C)CCOC)sc(C(N)=O)c1N. The molecule has 0 unspecified atom stereocenters. The van der Waals surface area contributed by atoms with Crippen LogP contribution in [0.1, 0.15) is 27.0 Å². The Hall–Kier alpha value is -1.80. The van der Waals surface area contributed by atoms with E-state index in [0.717, 1.165) is 11.3 Å². The number of primary amides is 1. The maximum absolute atomic E-state index is 12.0. The maximum atomic E-state index is 12.0. The summed E-state index contributed by atoms with van der Waals surface area (Å²) < 4.78 is 9.97. The Morgan fingerprint density at radius 2 is 2.05 bits per heavy atom. The molecule has 8 heteroatoms. The summed E-state index contributed by atoms with van der Waals surface area (Å²) in [5.74, 6) is -1.22. The molecular formula is C12H19N3O4S. The van der Waals surface area contributed by atoms with Crippen molar-refractivity contribution in [1.29, 1.82) is 0 Å². The van der Waals surface area contributed by atoms with Crippen molar-refractivity contribution in [2.45, 2.75) is 6.92 Å². The molecule has 0 saturated carbocycles. The number of hydrogen-bond acceptors (Lipinski definition) is 7. The molecular weight excluding hydrogens is 282 g/mol. The standard InChI is InChI=1S/C12H19N3O4S/c1-4-19-12(17)7-8(13)9(10(14)16)20-11(7)15(2)5-6-18-3/h4-6,13H2,1-3H3,(H2,14,16). The molecule has 4 N–H and O–H groups in total. The van der Waals surface area contributed by atoms with Crippen LogP contribution in [0.5, 0.6) is 0 Å². The van der Waals surface area contributed by atoms with Gasteiger partial charge in [0.15, 0.2) is 0 Å². The number of nitrogens with two attached hydrogens (primary N) is 2. The van der Waals surface area contributed by atoms with E-state index in [1.807, 2.05) is 0 Å². The number of methoxy groups -OCH3 is 1. The molecule has 0 aliphatic carbocycles. The van der Waals surface area contributed by atoms with Gasteiger partial charge in [0.2, 0.25) is 0 Å². The molecule has 0 aromatic carbocycles. The Bertz CT molecular complexity index is 501. The second-order valence-corrected chi connectivity index (χ2v) is 5.02. The molecule has 1 heterocycles. The Balaban J connectivity index is 3.22. The van der Waals surface area contributed by atoms with E-state index in [0.29, 0.717) is 18.2 Å². The number of carbonyl (C=O) groups is 2. The molecule has 1 aromatic rings. The molecule has 0 saturated heterocycles. The summed E-state index contributed by atoms with van der Waals surface area (Å²) in [5, 5.41) is 0.548. The lowest BCUT2D eigenvalue weighted by Crippen LogP contribution is -2.23. The third kappa shape index (κ3) is 3.40. The molecule has 20 heavy (non-hydrogen) atoms. The molecule has 112 valence electrons. The highest BCUT2D eigenvalue weighted by Gasteiger charge is 2.27. The van der Waals surface area contributed by atoms with Crippen LogP contribution < -0.4 is 16.4 Å². The molecule has 1 amide bonds. The van der Waals surface area contributed by atoms with Crippen LogP contribution in [0.3, 0.4) is 0 Å². The van der Waals surface area contributed by atoms with Crippen LogP contribution in [0.4, 0.5) is 10.7 Å². The lowest BCUT2D eigenvalue weighted by molar-refractivity contribution is 0.0529. The van der Waals surface area contributed by atoms with Gasteiger partial charge in [-0.15, -0.1) is 11.3 Å². The van der Waals surface area contributed by atoms with Gasteiger partial charge in [-0.25, -0.2) is 4.79 Å². The van der Waals surface area contributed by atoms with Crippen LogP contribution in [-0.4, -0.2) is 45.8 Å². The van der Waals surface area contributed by atoms with Crippen molar-refractivity contribution in [1.82, 2.24) is 0 Å². The van der Waals surface area contributed by atoms with Crippen molar-refractivity contribution in [3.05, 3.63) is 10.4 Å². The van der Waals surface area contributed by atoms with Crippen molar-refractivity contribution >= 4 is 33.9 Å². The van der Waals surface area contributed by atoms with Gasteiger partial charge in [0.25, 0.3) is 5.91 Å². The minimum absolute atomic E-state index is 0.0696. The lowest BCUT2D eigenvalue weighted by atomic mass is 10.2. The Labute approximate surface area is 121 Å².